The van der Waals surface area contributed by atoms with Crippen LogP contribution in [0.2, 0.25) is 25.7 Å². The minimum Gasteiger partial charge on any atom is -0.361 e. The Balaban J connectivity index is 1.47. The zero-order chi connectivity index (χ0) is 26.0. The fourth-order valence-electron chi connectivity index (χ4n) is 4.76. The van der Waals surface area contributed by atoms with Gasteiger partial charge in [0.15, 0.2) is 0 Å². The number of rotatable bonds is 10. The van der Waals surface area contributed by atoms with Gasteiger partial charge in [-0.15, -0.1) is 10.2 Å². The van der Waals surface area contributed by atoms with E-state index in [0.717, 1.165) is 62.9 Å². The predicted molar refractivity (Wildman–Crippen MR) is 153 cm³/mol. The number of hydrogen-bond donors (Lipinski definition) is 0. The first-order chi connectivity index (χ1) is 17.8. The van der Waals surface area contributed by atoms with E-state index >= 15 is 0 Å². The highest BCUT2D eigenvalue weighted by Crippen LogP contribution is 2.38. The molecule has 0 atom stereocenters. The molecule has 37 heavy (non-hydrogen) atoms. The first-order valence-electron chi connectivity index (χ1n) is 13.3. The summed E-state index contributed by atoms with van der Waals surface area (Å²) >= 11 is 1.68. The lowest BCUT2D eigenvalue weighted by molar-refractivity contribution is 0.153. The molecule has 0 unspecified atom stereocenters. The Morgan fingerprint density at radius 3 is 2.70 bits per heavy atom. The minimum absolute atomic E-state index is 0.401. The van der Waals surface area contributed by atoms with E-state index in [0.29, 0.717) is 12.6 Å². The number of ether oxygens (including phenoxy) is 1. The van der Waals surface area contributed by atoms with E-state index < -0.39 is 8.07 Å². The third kappa shape index (κ3) is 6.07. The number of pyridine rings is 2. The Morgan fingerprint density at radius 2 is 1.95 bits per heavy atom. The third-order valence-electron chi connectivity index (χ3n) is 6.93. The summed E-state index contributed by atoms with van der Waals surface area (Å²) in [6.45, 7) is 10.4. The van der Waals surface area contributed by atoms with Gasteiger partial charge < -0.3 is 4.74 Å². The lowest BCUT2D eigenvalue weighted by atomic mass is 10.1. The lowest BCUT2D eigenvalue weighted by Crippen LogP contribution is -2.26. The lowest BCUT2D eigenvalue weighted by Gasteiger charge is -2.22. The van der Waals surface area contributed by atoms with Gasteiger partial charge >= 0.3 is 0 Å². The monoisotopic (exact) mass is 535 g/mol. The maximum absolute atomic E-state index is 6.19. The summed E-state index contributed by atoms with van der Waals surface area (Å²) in [5, 5.41) is 15.7. The second-order valence-corrected chi connectivity index (χ2v) is 17.7. The van der Waals surface area contributed by atoms with Gasteiger partial charge in [0, 0.05) is 51.2 Å². The second kappa shape index (κ2) is 11.0. The number of aryl methyl sites for hydroxylation is 2. The van der Waals surface area contributed by atoms with Crippen LogP contribution in [0, 0.1) is 0 Å². The third-order valence-corrected chi connectivity index (χ3v) is 9.75. The average molecular weight is 536 g/mol. The minimum atomic E-state index is -1.18. The molecule has 0 radical (unpaired) electrons. The summed E-state index contributed by atoms with van der Waals surface area (Å²) in [6, 6.07) is 7.26. The van der Waals surface area contributed by atoms with Gasteiger partial charge in [-0.3, -0.25) is 14.6 Å². The number of aromatic nitrogens is 6. The van der Waals surface area contributed by atoms with Crippen LogP contribution < -0.4 is 4.90 Å². The summed E-state index contributed by atoms with van der Waals surface area (Å²) < 4.78 is 8.05. The molecule has 4 heterocycles. The summed E-state index contributed by atoms with van der Waals surface area (Å²) in [5.74, 6) is 1.33. The fraction of sp³-hybridized carbons (Fsp3) is 0.519. The number of fused-ring (bicyclic) bond motifs is 1. The maximum atomic E-state index is 6.19. The van der Waals surface area contributed by atoms with Crippen LogP contribution in [-0.2, 0) is 18.2 Å². The van der Waals surface area contributed by atoms with Crippen LogP contribution in [0.15, 0.2) is 30.6 Å². The zero-order valence-electron chi connectivity index (χ0n) is 22.6. The van der Waals surface area contributed by atoms with Crippen molar-refractivity contribution in [3.05, 3.63) is 41.3 Å². The largest absolute Gasteiger partial charge is 0.361 e. The van der Waals surface area contributed by atoms with Crippen LogP contribution in [0.5, 0.6) is 0 Å². The molecule has 4 aromatic rings. The highest BCUT2D eigenvalue weighted by atomic mass is 32.1. The molecule has 8 nitrogen and oxygen atoms in total. The van der Waals surface area contributed by atoms with E-state index in [1.165, 1.54) is 25.7 Å². The summed E-state index contributed by atoms with van der Waals surface area (Å²) in [4.78, 5) is 11.8. The van der Waals surface area contributed by atoms with Crippen LogP contribution in [0.25, 0.3) is 22.2 Å². The standard InChI is InChI=1S/C27H37N7OSSi/c1-6-22-21(17-33(2)32-22)20-15-24-23(28-16-20)11-12-25(29-24)34(18-35-13-14-37(3,4)5)27-31-30-26(36-27)19-9-7-8-10-19/h11-12,15-17,19H,6-10,13-14,18H2,1-5H3. The average Bonchev–Trinajstić information content (AvgIpc) is 3.63. The molecule has 1 fully saturated rings. The normalized spacial score (nSPS) is 14.6. The van der Waals surface area contributed by atoms with Crippen molar-refractivity contribution in [2.24, 2.45) is 7.05 Å². The van der Waals surface area contributed by atoms with Gasteiger partial charge in [0.25, 0.3) is 0 Å². The first-order valence-corrected chi connectivity index (χ1v) is 17.8. The summed E-state index contributed by atoms with van der Waals surface area (Å²) in [6.07, 6.45) is 9.80. The summed E-state index contributed by atoms with van der Waals surface area (Å²) in [7, 11) is 0.772. The van der Waals surface area contributed by atoms with Crippen molar-refractivity contribution in [2.75, 3.05) is 18.2 Å². The van der Waals surface area contributed by atoms with Crippen molar-refractivity contribution in [1.82, 2.24) is 29.9 Å². The summed E-state index contributed by atoms with van der Waals surface area (Å²) in [5.41, 5.74) is 4.89. The molecule has 4 aromatic heterocycles. The van der Waals surface area contributed by atoms with Crippen molar-refractivity contribution in [3.63, 3.8) is 0 Å². The Bertz CT molecular complexity index is 1360. The molecule has 1 aliphatic carbocycles. The van der Waals surface area contributed by atoms with Crippen LogP contribution >= 0.6 is 11.3 Å². The van der Waals surface area contributed by atoms with E-state index in [1.807, 2.05) is 30.1 Å². The fourth-order valence-corrected chi connectivity index (χ4v) is 6.52. The first kappa shape index (κ1) is 25.9. The van der Waals surface area contributed by atoms with Gasteiger partial charge in [0.1, 0.15) is 17.6 Å². The molecular weight excluding hydrogens is 498 g/mol. The molecule has 1 aliphatic rings. The van der Waals surface area contributed by atoms with Crippen LogP contribution in [0.3, 0.4) is 0 Å². The Labute approximate surface area is 224 Å². The molecule has 0 N–H and O–H groups in total. The molecular formula is C27H37N7OSSi. The Morgan fingerprint density at radius 1 is 1.14 bits per heavy atom. The highest BCUT2D eigenvalue weighted by molar-refractivity contribution is 7.15. The van der Waals surface area contributed by atoms with E-state index in [4.69, 9.17) is 14.7 Å². The van der Waals surface area contributed by atoms with Crippen LogP contribution in [0.1, 0.15) is 49.2 Å². The zero-order valence-corrected chi connectivity index (χ0v) is 24.4. The van der Waals surface area contributed by atoms with Gasteiger partial charge in [0.05, 0.1) is 16.7 Å². The molecule has 0 spiro atoms. The van der Waals surface area contributed by atoms with Gasteiger partial charge in [-0.1, -0.05) is 50.7 Å². The molecule has 0 bridgehead atoms. The molecule has 0 amide bonds. The molecule has 10 heteroatoms. The highest BCUT2D eigenvalue weighted by Gasteiger charge is 2.24. The van der Waals surface area contributed by atoms with Crippen molar-refractivity contribution < 1.29 is 4.74 Å². The van der Waals surface area contributed by atoms with E-state index in [1.54, 1.807) is 11.3 Å². The molecule has 1 saturated carbocycles. The molecule has 196 valence electrons. The second-order valence-electron chi connectivity index (χ2n) is 11.1. The van der Waals surface area contributed by atoms with Gasteiger partial charge in [-0.05, 0) is 43.5 Å². The van der Waals surface area contributed by atoms with E-state index in [9.17, 15) is 0 Å². The molecule has 5 rings (SSSR count). The number of hydrogen-bond acceptors (Lipinski definition) is 8. The van der Waals surface area contributed by atoms with Crippen molar-refractivity contribution >= 4 is 41.4 Å². The molecule has 0 aromatic carbocycles. The van der Waals surface area contributed by atoms with Crippen molar-refractivity contribution in [1.29, 1.82) is 0 Å². The number of anilines is 2. The maximum Gasteiger partial charge on any atom is 0.215 e. The molecule has 0 aliphatic heterocycles. The van der Waals surface area contributed by atoms with Crippen LogP contribution in [-0.4, -0.2) is 51.4 Å². The van der Waals surface area contributed by atoms with E-state index in [-0.39, 0.29) is 0 Å². The predicted octanol–water partition coefficient (Wildman–Crippen LogP) is 6.55. The number of nitrogens with zero attached hydrogens (tertiary/aromatic N) is 7. The van der Waals surface area contributed by atoms with Crippen molar-refractivity contribution in [3.8, 4) is 11.1 Å². The quantitative estimate of drug-likeness (QED) is 0.129. The van der Waals surface area contributed by atoms with Gasteiger partial charge in [-0.25, -0.2) is 4.98 Å². The van der Waals surface area contributed by atoms with E-state index in [2.05, 4.69) is 59.0 Å². The van der Waals surface area contributed by atoms with Crippen molar-refractivity contribution in [2.45, 2.75) is 70.6 Å². The Hall–Kier alpha value is -2.69. The SMILES string of the molecule is CCc1nn(C)cc1-c1cnc2ccc(N(COCC[Si](C)(C)C)c3nnc(C4CCCC4)s3)nc2c1. The van der Waals surface area contributed by atoms with Gasteiger partial charge in [-0.2, -0.15) is 5.10 Å². The van der Waals surface area contributed by atoms with Gasteiger partial charge in [0.2, 0.25) is 5.13 Å². The Kier molecular flexibility index (Phi) is 7.69. The molecule has 0 saturated heterocycles. The van der Waals surface area contributed by atoms with Crippen LogP contribution in [0.4, 0.5) is 10.9 Å². The topological polar surface area (TPSA) is 81.9 Å². The smallest absolute Gasteiger partial charge is 0.215 e.